The van der Waals surface area contributed by atoms with E-state index in [1.165, 1.54) is 0 Å². The summed E-state index contributed by atoms with van der Waals surface area (Å²) in [5.74, 6) is 0.900. The van der Waals surface area contributed by atoms with Crippen molar-refractivity contribution in [3.63, 3.8) is 0 Å². The summed E-state index contributed by atoms with van der Waals surface area (Å²) in [6, 6.07) is 8.13. The zero-order chi connectivity index (χ0) is 13.1. The van der Waals surface area contributed by atoms with Gasteiger partial charge in [-0.15, -0.1) is 11.3 Å². The Bertz CT molecular complexity index is 553. The van der Waals surface area contributed by atoms with E-state index in [1.54, 1.807) is 23.7 Å². The van der Waals surface area contributed by atoms with E-state index in [9.17, 15) is 4.79 Å². The zero-order valence-electron chi connectivity index (χ0n) is 10.5. The van der Waals surface area contributed by atoms with Crippen LogP contribution in [0.3, 0.4) is 0 Å². The third-order valence-corrected chi connectivity index (χ3v) is 3.95. The standard InChI is InChI=1S/C15H15NO2S/c17-15(8-7-14-4-2-10-19-14)16(12-5-6-12)11-13-3-1-9-18-13/h1-4,7-10,12H,5-6,11H2/b8-7+. The number of carbonyl (C=O) groups excluding carboxylic acids is 1. The first-order valence-corrected chi connectivity index (χ1v) is 7.25. The van der Waals surface area contributed by atoms with Gasteiger partial charge in [-0.3, -0.25) is 4.79 Å². The number of rotatable bonds is 5. The molecule has 0 N–H and O–H groups in total. The third kappa shape index (κ3) is 3.15. The largest absolute Gasteiger partial charge is 0.467 e. The fourth-order valence-corrected chi connectivity index (χ4v) is 2.60. The molecule has 1 amide bonds. The maximum absolute atomic E-state index is 12.2. The number of furan rings is 1. The van der Waals surface area contributed by atoms with Crippen LogP contribution in [0.15, 0.2) is 46.4 Å². The second-order valence-corrected chi connectivity index (χ2v) is 5.60. The molecule has 0 radical (unpaired) electrons. The van der Waals surface area contributed by atoms with E-state index < -0.39 is 0 Å². The molecule has 0 spiro atoms. The quantitative estimate of drug-likeness (QED) is 0.781. The van der Waals surface area contributed by atoms with Crippen LogP contribution < -0.4 is 0 Å². The van der Waals surface area contributed by atoms with Gasteiger partial charge < -0.3 is 9.32 Å². The molecule has 3 rings (SSSR count). The van der Waals surface area contributed by atoms with E-state index in [0.29, 0.717) is 12.6 Å². The Morgan fingerprint density at radius 3 is 2.95 bits per heavy atom. The SMILES string of the molecule is O=C(/C=C/c1cccs1)N(Cc1ccco1)C1CC1. The van der Waals surface area contributed by atoms with Crippen LogP contribution in [0.1, 0.15) is 23.5 Å². The molecule has 1 aliphatic carbocycles. The van der Waals surface area contributed by atoms with Crippen LogP contribution >= 0.6 is 11.3 Å². The van der Waals surface area contributed by atoms with Gasteiger partial charge in [0.1, 0.15) is 5.76 Å². The Morgan fingerprint density at radius 1 is 1.42 bits per heavy atom. The smallest absolute Gasteiger partial charge is 0.247 e. The van der Waals surface area contributed by atoms with Crippen molar-refractivity contribution in [2.45, 2.75) is 25.4 Å². The Balaban J connectivity index is 1.68. The summed E-state index contributed by atoms with van der Waals surface area (Å²) >= 11 is 1.63. The Morgan fingerprint density at radius 2 is 2.32 bits per heavy atom. The Kier molecular flexibility index (Phi) is 3.51. The predicted molar refractivity (Wildman–Crippen MR) is 75.6 cm³/mol. The number of amides is 1. The third-order valence-electron chi connectivity index (χ3n) is 3.11. The molecular weight excluding hydrogens is 258 g/mol. The molecule has 1 aliphatic rings. The van der Waals surface area contributed by atoms with E-state index in [1.807, 2.05) is 40.6 Å². The summed E-state index contributed by atoms with van der Waals surface area (Å²) in [7, 11) is 0. The molecule has 2 aromatic rings. The van der Waals surface area contributed by atoms with Crippen molar-refractivity contribution in [3.05, 3.63) is 52.6 Å². The summed E-state index contributed by atoms with van der Waals surface area (Å²) in [4.78, 5) is 15.2. The van der Waals surface area contributed by atoms with E-state index in [0.717, 1.165) is 23.5 Å². The van der Waals surface area contributed by atoms with Gasteiger partial charge in [-0.2, -0.15) is 0 Å². The highest BCUT2D eigenvalue weighted by atomic mass is 32.1. The first-order chi connectivity index (χ1) is 9.33. The Hall–Kier alpha value is -1.81. The fourth-order valence-electron chi connectivity index (χ4n) is 1.98. The van der Waals surface area contributed by atoms with Gasteiger partial charge in [0.25, 0.3) is 0 Å². The van der Waals surface area contributed by atoms with Crippen molar-refractivity contribution in [2.75, 3.05) is 0 Å². The number of thiophene rings is 1. The first kappa shape index (κ1) is 12.2. The van der Waals surface area contributed by atoms with Gasteiger partial charge in [0.05, 0.1) is 12.8 Å². The lowest BCUT2D eigenvalue weighted by atomic mass is 10.3. The van der Waals surface area contributed by atoms with Crippen LogP contribution in [0.4, 0.5) is 0 Å². The minimum absolute atomic E-state index is 0.0623. The molecular formula is C15H15NO2S. The van der Waals surface area contributed by atoms with E-state index in [4.69, 9.17) is 4.42 Å². The number of nitrogens with zero attached hydrogens (tertiary/aromatic N) is 1. The molecule has 0 atom stereocenters. The van der Waals surface area contributed by atoms with E-state index in [2.05, 4.69) is 0 Å². The van der Waals surface area contributed by atoms with Crippen LogP contribution in [0.5, 0.6) is 0 Å². The van der Waals surface area contributed by atoms with Gasteiger partial charge in [0, 0.05) is 17.0 Å². The normalized spacial score (nSPS) is 14.9. The highest BCUT2D eigenvalue weighted by molar-refractivity contribution is 7.10. The molecule has 19 heavy (non-hydrogen) atoms. The van der Waals surface area contributed by atoms with Crippen molar-refractivity contribution in [3.8, 4) is 0 Å². The summed E-state index contributed by atoms with van der Waals surface area (Å²) < 4.78 is 5.33. The van der Waals surface area contributed by atoms with Crippen molar-refractivity contribution in [1.29, 1.82) is 0 Å². The van der Waals surface area contributed by atoms with Gasteiger partial charge in [0.2, 0.25) is 5.91 Å². The second kappa shape index (κ2) is 5.45. The maximum atomic E-state index is 12.2. The van der Waals surface area contributed by atoms with Crippen molar-refractivity contribution < 1.29 is 9.21 Å². The molecule has 4 heteroatoms. The minimum atomic E-state index is 0.0623. The van der Waals surface area contributed by atoms with Crippen LogP contribution in [0, 0.1) is 0 Å². The molecule has 0 saturated heterocycles. The van der Waals surface area contributed by atoms with Crippen molar-refractivity contribution in [1.82, 2.24) is 4.90 Å². The monoisotopic (exact) mass is 273 g/mol. The number of hydrogen-bond donors (Lipinski definition) is 0. The lowest BCUT2D eigenvalue weighted by Crippen LogP contribution is -2.30. The predicted octanol–water partition coefficient (Wildman–Crippen LogP) is 3.55. The number of carbonyl (C=O) groups is 1. The fraction of sp³-hybridized carbons (Fsp3) is 0.267. The highest BCUT2D eigenvalue weighted by Gasteiger charge is 2.32. The van der Waals surface area contributed by atoms with Gasteiger partial charge in [-0.25, -0.2) is 0 Å². The van der Waals surface area contributed by atoms with Crippen LogP contribution in [-0.2, 0) is 11.3 Å². The summed E-state index contributed by atoms with van der Waals surface area (Å²) in [5, 5.41) is 2.01. The molecule has 2 heterocycles. The number of hydrogen-bond acceptors (Lipinski definition) is 3. The summed E-state index contributed by atoms with van der Waals surface area (Å²) in [6.07, 6.45) is 7.38. The van der Waals surface area contributed by atoms with Crippen LogP contribution in [0.25, 0.3) is 6.08 Å². The average molecular weight is 273 g/mol. The lowest BCUT2D eigenvalue weighted by Gasteiger charge is -2.19. The first-order valence-electron chi connectivity index (χ1n) is 6.37. The molecule has 0 unspecified atom stereocenters. The van der Waals surface area contributed by atoms with E-state index >= 15 is 0 Å². The van der Waals surface area contributed by atoms with Crippen LogP contribution in [0.2, 0.25) is 0 Å². The molecule has 0 aromatic carbocycles. The molecule has 98 valence electrons. The van der Waals surface area contributed by atoms with Gasteiger partial charge in [-0.05, 0) is 42.5 Å². The van der Waals surface area contributed by atoms with Gasteiger partial charge in [-0.1, -0.05) is 6.07 Å². The Labute approximate surface area is 116 Å². The van der Waals surface area contributed by atoms with Crippen LogP contribution in [-0.4, -0.2) is 16.8 Å². The average Bonchev–Trinajstić information content (AvgIpc) is 2.94. The van der Waals surface area contributed by atoms with Gasteiger partial charge in [0.15, 0.2) is 0 Å². The zero-order valence-corrected chi connectivity index (χ0v) is 11.3. The van der Waals surface area contributed by atoms with E-state index in [-0.39, 0.29) is 5.91 Å². The highest BCUT2D eigenvalue weighted by Crippen LogP contribution is 2.29. The molecule has 1 saturated carbocycles. The second-order valence-electron chi connectivity index (χ2n) is 4.63. The molecule has 1 fully saturated rings. The minimum Gasteiger partial charge on any atom is -0.467 e. The summed E-state index contributed by atoms with van der Waals surface area (Å²) in [5.41, 5.74) is 0. The molecule has 3 nitrogen and oxygen atoms in total. The lowest BCUT2D eigenvalue weighted by molar-refractivity contribution is -0.127. The molecule has 0 bridgehead atoms. The topological polar surface area (TPSA) is 33.5 Å². The van der Waals surface area contributed by atoms with Crippen molar-refractivity contribution in [2.24, 2.45) is 0 Å². The maximum Gasteiger partial charge on any atom is 0.247 e. The van der Waals surface area contributed by atoms with Crippen molar-refractivity contribution >= 4 is 23.3 Å². The molecule has 0 aliphatic heterocycles. The summed E-state index contributed by atoms with van der Waals surface area (Å²) in [6.45, 7) is 0.561. The molecule has 2 aromatic heterocycles. The van der Waals surface area contributed by atoms with Gasteiger partial charge >= 0.3 is 0 Å².